The first-order chi connectivity index (χ1) is 5.57. The normalized spacial score (nSPS) is 9.92. The number of halogens is 3. The molecule has 0 aromatic heterocycles. The second-order valence-corrected chi connectivity index (χ2v) is 2.84. The Kier molecular flexibility index (Phi) is 2.42. The minimum atomic E-state index is -1.21. The molecule has 1 aromatic rings. The molecule has 5 heteroatoms. The number of rotatable bonds is 1. The lowest BCUT2D eigenvalue weighted by Crippen LogP contribution is -1.91. The maximum absolute atomic E-state index is 12.6. The van der Waals surface area contributed by atoms with Crippen LogP contribution >= 0.6 is 15.9 Å². The molecule has 0 heterocycles. The average molecular weight is 237 g/mol. The Balaban J connectivity index is 3.49. The Morgan fingerprint density at radius 3 is 2.58 bits per heavy atom. The highest BCUT2D eigenvalue weighted by molar-refractivity contribution is 9.10. The van der Waals surface area contributed by atoms with Crippen LogP contribution in [-0.2, 0) is 0 Å². The lowest BCUT2D eigenvalue weighted by Gasteiger charge is -2.01. The van der Waals surface area contributed by atoms with E-state index in [0.717, 1.165) is 0 Å². The highest BCUT2D eigenvalue weighted by atomic mass is 79.9. The van der Waals surface area contributed by atoms with Gasteiger partial charge in [-0.25, -0.2) is 8.78 Å². The van der Waals surface area contributed by atoms with Gasteiger partial charge in [0.2, 0.25) is 0 Å². The minimum absolute atomic E-state index is 0.239. The van der Waals surface area contributed by atoms with E-state index < -0.39 is 21.9 Å². The summed E-state index contributed by atoms with van der Waals surface area (Å²) in [6.07, 6.45) is 0.239. The summed E-state index contributed by atoms with van der Waals surface area (Å²) in [7, 11) is 0. The highest BCUT2D eigenvalue weighted by Crippen LogP contribution is 2.31. The molecule has 0 aliphatic heterocycles. The molecule has 1 N–H and O–H groups in total. The molecule has 12 heavy (non-hydrogen) atoms. The van der Waals surface area contributed by atoms with Crippen LogP contribution in [0.1, 0.15) is 10.4 Å². The van der Waals surface area contributed by atoms with E-state index in [0.29, 0.717) is 6.07 Å². The molecule has 0 fully saturated rings. The van der Waals surface area contributed by atoms with E-state index in [1.54, 1.807) is 0 Å². The zero-order valence-electron chi connectivity index (χ0n) is 5.64. The van der Waals surface area contributed by atoms with Crippen LogP contribution < -0.4 is 0 Å². The van der Waals surface area contributed by atoms with Crippen molar-refractivity contribution in [3.05, 3.63) is 27.7 Å². The topological polar surface area (TPSA) is 37.3 Å². The van der Waals surface area contributed by atoms with Crippen LogP contribution in [0.15, 0.2) is 10.5 Å². The van der Waals surface area contributed by atoms with Gasteiger partial charge in [0.05, 0.1) is 10.0 Å². The monoisotopic (exact) mass is 236 g/mol. The Bertz CT molecular complexity index is 339. The van der Waals surface area contributed by atoms with Gasteiger partial charge in [-0.05, 0) is 22.0 Å². The van der Waals surface area contributed by atoms with E-state index in [1.807, 2.05) is 0 Å². The van der Waals surface area contributed by atoms with E-state index >= 15 is 0 Å². The molecular formula is C7H3BrF2O2. The smallest absolute Gasteiger partial charge is 0.176 e. The van der Waals surface area contributed by atoms with Crippen LogP contribution in [0, 0.1) is 11.6 Å². The molecule has 0 spiro atoms. The molecule has 0 aliphatic rings. The number of benzene rings is 1. The molecule has 0 atom stereocenters. The van der Waals surface area contributed by atoms with E-state index in [-0.39, 0.29) is 11.8 Å². The van der Waals surface area contributed by atoms with Crippen LogP contribution in [0.2, 0.25) is 0 Å². The first-order valence-electron chi connectivity index (χ1n) is 2.89. The molecule has 0 bridgehead atoms. The van der Waals surface area contributed by atoms with Gasteiger partial charge in [0.1, 0.15) is 5.75 Å². The van der Waals surface area contributed by atoms with Crippen molar-refractivity contribution in [2.75, 3.05) is 0 Å². The van der Waals surface area contributed by atoms with Crippen LogP contribution in [0.25, 0.3) is 0 Å². The molecule has 0 aliphatic carbocycles. The van der Waals surface area contributed by atoms with Crippen molar-refractivity contribution in [1.82, 2.24) is 0 Å². The molecule has 0 saturated carbocycles. The predicted molar refractivity (Wildman–Crippen MR) is 41.1 cm³/mol. The summed E-state index contributed by atoms with van der Waals surface area (Å²) in [6, 6.07) is 0.627. The summed E-state index contributed by atoms with van der Waals surface area (Å²) >= 11 is 2.60. The summed E-state index contributed by atoms with van der Waals surface area (Å²) in [5, 5.41) is 9.02. The lowest BCUT2D eigenvalue weighted by molar-refractivity contribution is 0.112. The van der Waals surface area contributed by atoms with Crippen LogP contribution in [0.5, 0.6) is 5.75 Å². The van der Waals surface area contributed by atoms with Crippen molar-refractivity contribution in [3.63, 3.8) is 0 Å². The summed E-state index contributed by atoms with van der Waals surface area (Å²) in [5.74, 6) is -2.98. The van der Waals surface area contributed by atoms with Gasteiger partial charge < -0.3 is 5.11 Å². The third kappa shape index (κ3) is 1.32. The Hall–Kier alpha value is -0.970. The van der Waals surface area contributed by atoms with Gasteiger partial charge in [0, 0.05) is 0 Å². The summed E-state index contributed by atoms with van der Waals surface area (Å²) < 4.78 is 24.7. The SMILES string of the molecule is O=Cc1cc(F)c(F)c(Br)c1O. The standard InChI is InChI=1S/C7H3BrF2O2/c8-5-6(10)4(9)1-3(2-11)7(5)12/h1-2,12H. The average Bonchev–Trinajstić information content (AvgIpc) is 2.08. The molecule has 1 rings (SSSR count). The largest absolute Gasteiger partial charge is 0.506 e. The Morgan fingerprint density at radius 1 is 1.50 bits per heavy atom. The van der Waals surface area contributed by atoms with Crippen molar-refractivity contribution in [2.45, 2.75) is 0 Å². The highest BCUT2D eigenvalue weighted by Gasteiger charge is 2.14. The number of carbonyl (C=O) groups is 1. The Labute approximate surface area is 75.0 Å². The molecule has 0 amide bonds. The molecule has 0 saturated heterocycles. The van der Waals surface area contributed by atoms with Gasteiger partial charge in [-0.2, -0.15) is 0 Å². The number of aldehydes is 1. The van der Waals surface area contributed by atoms with Crippen molar-refractivity contribution in [3.8, 4) is 5.75 Å². The lowest BCUT2D eigenvalue weighted by atomic mass is 10.2. The van der Waals surface area contributed by atoms with Gasteiger partial charge in [0.25, 0.3) is 0 Å². The van der Waals surface area contributed by atoms with Crippen molar-refractivity contribution >= 4 is 22.2 Å². The van der Waals surface area contributed by atoms with Gasteiger partial charge in [-0.15, -0.1) is 0 Å². The van der Waals surface area contributed by atoms with Gasteiger partial charge in [-0.1, -0.05) is 0 Å². The fraction of sp³-hybridized carbons (Fsp3) is 0. The van der Waals surface area contributed by atoms with Gasteiger partial charge >= 0.3 is 0 Å². The molecule has 2 nitrogen and oxygen atoms in total. The maximum Gasteiger partial charge on any atom is 0.176 e. The van der Waals surface area contributed by atoms with E-state index in [9.17, 15) is 13.6 Å². The molecule has 1 aromatic carbocycles. The molecule has 0 unspecified atom stereocenters. The first-order valence-corrected chi connectivity index (χ1v) is 3.69. The summed E-state index contributed by atoms with van der Waals surface area (Å²) in [6.45, 7) is 0. The van der Waals surface area contributed by atoms with Gasteiger partial charge in [-0.3, -0.25) is 4.79 Å². The number of aromatic hydroxyl groups is 1. The quantitative estimate of drug-likeness (QED) is 0.600. The molecular weight excluding hydrogens is 234 g/mol. The van der Waals surface area contributed by atoms with Crippen LogP contribution in [-0.4, -0.2) is 11.4 Å². The molecule has 0 radical (unpaired) electrons. The van der Waals surface area contributed by atoms with E-state index in [2.05, 4.69) is 15.9 Å². The van der Waals surface area contributed by atoms with Crippen molar-refractivity contribution < 1.29 is 18.7 Å². The number of hydrogen-bond donors (Lipinski definition) is 1. The third-order valence-electron chi connectivity index (χ3n) is 1.29. The number of carbonyl (C=O) groups excluding carboxylic acids is 1. The van der Waals surface area contributed by atoms with Gasteiger partial charge in [0.15, 0.2) is 17.9 Å². The maximum atomic E-state index is 12.6. The second-order valence-electron chi connectivity index (χ2n) is 2.04. The van der Waals surface area contributed by atoms with Crippen LogP contribution in [0.3, 0.4) is 0 Å². The first kappa shape index (κ1) is 9.12. The molecule has 64 valence electrons. The van der Waals surface area contributed by atoms with E-state index in [4.69, 9.17) is 5.11 Å². The summed E-state index contributed by atoms with van der Waals surface area (Å²) in [5.41, 5.74) is -0.291. The van der Waals surface area contributed by atoms with Crippen molar-refractivity contribution in [1.29, 1.82) is 0 Å². The Morgan fingerprint density at radius 2 is 2.08 bits per heavy atom. The van der Waals surface area contributed by atoms with Crippen LogP contribution in [0.4, 0.5) is 8.78 Å². The summed E-state index contributed by atoms with van der Waals surface area (Å²) in [4.78, 5) is 10.2. The third-order valence-corrected chi connectivity index (χ3v) is 2.02. The minimum Gasteiger partial charge on any atom is -0.506 e. The fourth-order valence-corrected chi connectivity index (χ4v) is 1.11. The van der Waals surface area contributed by atoms with Crippen molar-refractivity contribution in [2.24, 2.45) is 0 Å². The predicted octanol–water partition coefficient (Wildman–Crippen LogP) is 2.25. The fourth-order valence-electron chi connectivity index (χ4n) is 0.694. The number of hydrogen-bond acceptors (Lipinski definition) is 2. The number of phenolic OH excluding ortho intramolecular Hbond substituents is 1. The zero-order valence-corrected chi connectivity index (χ0v) is 7.23. The second kappa shape index (κ2) is 3.18. The zero-order chi connectivity index (χ0) is 9.30. The van der Waals surface area contributed by atoms with E-state index in [1.165, 1.54) is 0 Å². The number of phenols is 1.